The van der Waals surface area contributed by atoms with Crippen LogP contribution in [-0.2, 0) is 20.0 Å². The van der Waals surface area contributed by atoms with Gasteiger partial charge in [0.2, 0.25) is 0 Å². The predicted octanol–water partition coefficient (Wildman–Crippen LogP) is -0.308. The third kappa shape index (κ3) is 5.50. The second-order valence-electron chi connectivity index (χ2n) is 4.23. The molecule has 0 bridgehead atoms. The first-order valence-electron chi connectivity index (χ1n) is 5.97. The van der Waals surface area contributed by atoms with Crippen molar-refractivity contribution in [3.8, 4) is 5.75 Å². The molecule has 1 rings (SSSR count). The Kier molecular flexibility index (Phi) is 5.96. The lowest BCUT2D eigenvalue weighted by molar-refractivity contribution is 0.307. The topological polar surface area (TPSA) is 144 Å². The molecule has 0 spiro atoms. The largest absolute Gasteiger partial charge is 0.492 e. The Morgan fingerprint density at radius 3 is 2.38 bits per heavy atom. The van der Waals surface area contributed by atoms with Crippen LogP contribution in [0.1, 0.15) is 6.42 Å². The molecule has 0 aliphatic rings. The zero-order chi connectivity index (χ0) is 16.1. The van der Waals surface area contributed by atoms with E-state index >= 15 is 0 Å². The fourth-order valence-corrected chi connectivity index (χ4v) is 3.41. The maximum absolute atomic E-state index is 11.4. The Labute approximate surface area is 123 Å². The quantitative estimate of drug-likeness (QED) is 0.332. The number of hydrogen-bond donors (Lipinski definition) is 3. The van der Waals surface area contributed by atoms with E-state index < -0.39 is 31.5 Å². The maximum atomic E-state index is 11.4. The van der Waals surface area contributed by atoms with Gasteiger partial charge < -0.3 is 15.6 Å². The summed E-state index contributed by atoms with van der Waals surface area (Å²) >= 11 is 0. The fourth-order valence-electron chi connectivity index (χ4n) is 1.62. The van der Waals surface area contributed by atoms with E-state index in [9.17, 15) is 16.8 Å². The van der Waals surface area contributed by atoms with Crippen molar-refractivity contribution < 1.29 is 31.2 Å². The number of nitrogens with two attached hydrogens (primary N) is 1. The highest BCUT2D eigenvalue weighted by Crippen LogP contribution is 2.29. The van der Waals surface area contributed by atoms with Crippen molar-refractivity contribution in [2.75, 3.05) is 30.5 Å². The number of hydrogen-bond acceptors (Lipinski definition) is 7. The Hall–Kier alpha value is -1.36. The van der Waals surface area contributed by atoms with Crippen molar-refractivity contribution in [2.24, 2.45) is 0 Å². The molecule has 0 unspecified atom stereocenters. The van der Waals surface area contributed by atoms with Crippen LogP contribution in [0, 0.1) is 0 Å². The zero-order valence-electron chi connectivity index (χ0n) is 11.1. The summed E-state index contributed by atoms with van der Waals surface area (Å²) in [5.41, 5.74) is 5.31. The third-order valence-corrected chi connectivity index (χ3v) is 5.19. The highest BCUT2D eigenvalue weighted by atomic mass is 32.2. The van der Waals surface area contributed by atoms with Gasteiger partial charge in [-0.2, -0.15) is 8.42 Å². The first-order valence-corrected chi connectivity index (χ1v) is 9.23. The average molecular weight is 339 g/mol. The summed E-state index contributed by atoms with van der Waals surface area (Å²) in [5.74, 6) is -0.671. The molecule has 1 aromatic rings. The SMILES string of the molecule is Nc1cccc(OCCCS(=O)(=O)CCO)c1S(=O)(=O)O. The van der Waals surface area contributed by atoms with E-state index in [2.05, 4.69) is 0 Å². The molecular weight excluding hydrogens is 322 g/mol. The van der Waals surface area contributed by atoms with Crippen molar-refractivity contribution in [3.05, 3.63) is 18.2 Å². The van der Waals surface area contributed by atoms with Crippen LogP contribution in [0.15, 0.2) is 23.1 Å². The second-order valence-corrected chi connectivity index (χ2v) is 7.89. The average Bonchev–Trinajstić information content (AvgIpc) is 2.33. The Bertz CT molecular complexity index is 683. The molecule has 0 atom stereocenters. The minimum atomic E-state index is -4.54. The summed E-state index contributed by atoms with van der Waals surface area (Å²) in [6.07, 6.45) is 0.113. The number of nitrogen functional groups attached to an aromatic ring is 1. The van der Waals surface area contributed by atoms with Gasteiger partial charge in [0, 0.05) is 0 Å². The molecule has 10 heteroatoms. The monoisotopic (exact) mass is 339 g/mol. The number of rotatable bonds is 8. The van der Waals surface area contributed by atoms with E-state index in [0.29, 0.717) is 0 Å². The lowest BCUT2D eigenvalue weighted by Crippen LogP contribution is -2.16. The number of anilines is 1. The molecule has 0 saturated carbocycles. The molecule has 0 radical (unpaired) electrons. The maximum Gasteiger partial charge on any atom is 0.300 e. The van der Waals surface area contributed by atoms with E-state index in [1.54, 1.807) is 0 Å². The van der Waals surface area contributed by atoms with Gasteiger partial charge in [0.15, 0.2) is 14.7 Å². The van der Waals surface area contributed by atoms with Gasteiger partial charge in [-0.25, -0.2) is 8.42 Å². The van der Waals surface area contributed by atoms with E-state index in [1.807, 2.05) is 0 Å². The standard InChI is InChI=1S/C11H17NO7S2/c12-9-3-1-4-10(11(9)21(16,17)18)19-6-2-7-20(14,15)8-5-13/h1,3-4,13H,2,5-8,12H2,(H,16,17,18). The van der Waals surface area contributed by atoms with Gasteiger partial charge in [0.25, 0.3) is 10.1 Å². The Morgan fingerprint density at radius 2 is 1.81 bits per heavy atom. The first kappa shape index (κ1) is 17.7. The highest BCUT2D eigenvalue weighted by molar-refractivity contribution is 7.91. The molecule has 0 aliphatic heterocycles. The summed E-state index contributed by atoms with van der Waals surface area (Å²) in [6.45, 7) is -0.526. The van der Waals surface area contributed by atoms with Crippen LogP contribution in [0.2, 0.25) is 0 Å². The summed E-state index contributed by atoms with van der Waals surface area (Å²) in [6, 6.07) is 4.05. The first-order chi connectivity index (χ1) is 9.67. The van der Waals surface area contributed by atoms with Crippen molar-refractivity contribution >= 4 is 25.6 Å². The molecule has 0 amide bonds. The number of aliphatic hydroxyl groups excluding tert-OH is 1. The fraction of sp³-hybridized carbons (Fsp3) is 0.455. The van der Waals surface area contributed by atoms with Gasteiger partial charge in [-0.1, -0.05) is 6.07 Å². The van der Waals surface area contributed by atoms with Crippen LogP contribution >= 0.6 is 0 Å². The van der Waals surface area contributed by atoms with E-state index in [0.717, 1.165) is 0 Å². The van der Waals surface area contributed by atoms with Crippen LogP contribution in [0.4, 0.5) is 5.69 Å². The molecule has 4 N–H and O–H groups in total. The number of aliphatic hydroxyl groups is 1. The highest BCUT2D eigenvalue weighted by Gasteiger charge is 2.20. The summed E-state index contributed by atoms with van der Waals surface area (Å²) in [4.78, 5) is -0.539. The van der Waals surface area contributed by atoms with Gasteiger partial charge in [-0.05, 0) is 18.6 Å². The molecule has 0 aromatic heterocycles. The molecule has 8 nitrogen and oxygen atoms in total. The molecule has 0 aliphatic carbocycles. The van der Waals surface area contributed by atoms with Crippen LogP contribution in [0.25, 0.3) is 0 Å². The van der Waals surface area contributed by atoms with E-state index in [1.165, 1.54) is 18.2 Å². The van der Waals surface area contributed by atoms with Gasteiger partial charge in [-0.15, -0.1) is 0 Å². The van der Waals surface area contributed by atoms with Crippen molar-refractivity contribution in [1.82, 2.24) is 0 Å². The van der Waals surface area contributed by atoms with Crippen LogP contribution < -0.4 is 10.5 Å². The van der Waals surface area contributed by atoms with Gasteiger partial charge in [-0.3, -0.25) is 4.55 Å². The van der Waals surface area contributed by atoms with Crippen molar-refractivity contribution in [1.29, 1.82) is 0 Å². The number of sulfone groups is 1. The molecule has 1 aromatic carbocycles. The van der Waals surface area contributed by atoms with Gasteiger partial charge in [0.05, 0.1) is 30.4 Å². The second kappa shape index (κ2) is 7.07. The zero-order valence-corrected chi connectivity index (χ0v) is 12.7. The molecule has 21 heavy (non-hydrogen) atoms. The Balaban J connectivity index is 2.72. The Morgan fingerprint density at radius 1 is 1.14 bits per heavy atom. The molecule has 0 fully saturated rings. The molecule has 0 saturated heterocycles. The van der Waals surface area contributed by atoms with Crippen LogP contribution in [0.5, 0.6) is 5.75 Å². The lowest BCUT2D eigenvalue weighted by Gasteiger charge is -2.11. The number of benzene rings is 1. The molecular formula is C11H17NO7S2. The summed E-state index contributed by atoms with van der Waals surface area (Å²) < 4.78 is 59.4. The molecule has 0 heterocycles. The third-order valence-electron chi connectivity index (χ3n) is 2.53. The predicted molar refractivity (Wildman–Crippen MR) is 76.5 cm³/mol. The van der Waals surface area contributed by atoms with Gasteiger partial charge in [0.1, 0.15) is 5.75 Å². The lowest BCUT2D eigenvalue weighted by atomic mass is 10.3. The van der Waals surface area contributed by atoms with E-state index in [-0.39, 0.29) is 36.0 Å². The number of ether oxygens (including phenoxy) is 1. The van der Waals surface area contributed by atoms with Crippen LogP contribution in [0.3, 0.4) is 0 Å². The minimum Gasteiger partial charge on any atom is -0.492 e. The minimum absolute atomic E-state index is 0.0728. The van der Waals surface area contributed by atoms with Crippen molar-refractivity contribution in [2.45, 2.75) is 11.3 Å². The van der Waals surface area contributed by atoms with Gasteiger partial charge >= 0.3 is 0 Å². The van der Waals surface area contributed by atoms with Crippen molar-refractivity contribution in [3.63, 3.8) is 0 Å². The summed E-state index contributed by atoms with van der Waals surface area (Å²) in [7, 11) is -7.89. The smallest absolute Gasteiger partial charge is 0.300 e. The summed E-state index contributed by atoms with van der Waals surface area (Å²) in [5, 5.41) is 8.57. The molecule has 120 valence electrons. The van der Waals surface area contributed by atoms with E-state index in [4.69, 9.17) is 20.1 Å². The normalized spacial score (nSPS) is 12.3. The van der Waals surface area contributed by atoms with Crippen LogP contribution in [-0.4, -0.2) is 51.2 Å².